The normalized spacial score (nSPS) is 23.9. The first-order chi connectivity index (χ1) is 12.8. The quantitative estimate of drug-likeness (QED) is 0.836. The number of morpholine rings is 1. The molecule has 1 aromatic carbocycles. The van der Waals surface area contributed by atoms with E-state index in [4.69, 9.17) is 10.5 Å². The third-order valence-corrected chi connectivity index (χ3v) is 5.31. The van der Waals surface area contributed by atoms with Crippen molar-refractivity contribution in [1.29, 1.82) is 0 Å². The van der Waals surface area contributed by atoms with Gasteiger partial charge in [0.25, 0.3) is 0 Å². The summed E-state index contributed by atoms with van der Waals surface area (Å²) in [6.07, 6.45) is -1.38. The number of benzene rings is 1. The first-order valence-electron chi connectivity index (χ1n) is 9.40. The molecule has 1 saturated heterocycles. The summed E-state index contributed by atoms with van der Waals surface area (Å²) >= 11 is 0. The van der Waals surface area contributed by atoms with E-state index in [1.165, 1.54) is 12.1 Å². The second-order valence-electron chi connectivity index (χ2n) is 7.28. The first-order valence-corrected chi connectivity index (χ1v) is 9.40. The maximum Gasteiger partial charge on any atom is 0.416 e. The molecule has 3 rings (SSSR count). The van der Waals surface area contributed by atoms with E-state index < -0.39 is 11.7 Å². The van der Waals surface area contributed by atoms with E-state index in [1.54, 1.807) is 6.07 Å². The Kier molecular flexibility index (Phi) is 6.26. The van der Waals surface area contributed by atoms with E-state index >= 15 is 0 Å². The van der Waals surface area contributed by atoms with Crippen molar-refractivity contribution >= 4 is 11.6 Å². The molecule has 2 fully saturated rings. The van der Waals surface area contributed by atoms with E-state index in [2.05, 4.69) is 5.32 Å². The number of hydrogen-bond donors (Lipinski definition) is 2. The van der Waals surface area contributed by atoms with Crippen LogP contribution >= 0.6 is 0 Å². The molecule has 0 spiro atoms. The van der Waals surface area contributed by atoms with E-state index in [9.17, 15) is 18.0 Å². The molecular weight excluding hydrogens is 359 g/mol. The highest BCUT2D eigenvalue weighted by atomic mass is 19.4. The van der Waals surface area contributed by atoms with Crippen LogP contribution in [-0.2, 0) is 22.3 Å². The van der Waals surface area contributed by atoms with Gasteiger partial charge in [0, 0.05) is 37.3 Å². The minimum absolute atomic E-state index is 0.00644. The summed E-state index contributed by atoms with van der Waals surface area (Å²) in [7, 11) is 0. The highest BCUT2D eigenvalue weighted by molar-refractivity contribution is 5.78. The molecule has 3 N–H and O–H groups in total. The number of carbonyl (C=O) groups is 1. The highest BCUT2D eigenvalue weighted by Gasteiger charge is 2.34. The fourth-order valence-corrected chi connectivity index (χ4v) is 3.79. The summed E-state index contributed by atoms with van der Waals surface area (Å²) in [5, 5.41) is 2.67. The molecule has 27 heavy (non-hydrogen) atoms. The molecule has 2 atom stereocenters. The second-order valence-corrected chi connectivity index (χ2v) is 7.28. The third kappa shape index (κ3) is 5.13. The van der Waals surface area contributed by atoms with Crippen LogP contribution in [0.15, 0.2) is 18.2 Å². The molecule has 150 valence electrons. The predicted octanol–water partition coefficient (Wildman–Crippen LogP) is 2.68. The topological polar surface area (TPSA) is 67.6 Å². The van der Waals surface area contributed by atoms with Gasteiger partial charge >= 0.3 is 6.18 Å². The molecule has 0 radical (unpaired) electrons. The van der Waals surface area contributed by atoms with E-state index in [0.717, 1.165) is 19.3 Å². The van der Waals surface area contributed by atoms with Crippen LogP contribution < -0.4 is 16.0 Å². The Labute approximate surface area is 157 Å². The summed E-state index contributed by atoms with van der Waals surface area (Å²) in [6.45, 7) is 2.00. The number of halogens is 3. The van der Waals surface area contributed by atoms with Gasteiger partial charge in [-0.25, -0.2) is 0 Å². The number of nitrogens with one attached hydrogen (secondary N) is 1. The summed E-state index contributed by atoms with van der Waals surface area (Å²) in [5.74, 6) is -0.425. The van der Waals surface area contributed by atoms with Gasteiger partial charge in [-0.05, 0) is 37.0 Å². The van der Waals surface area contributed by atoms with Crippen LogP contribution in [0.3, 0.4) is 0 Å². The monoisotopic (exact) mass is 385 g/mol. The van der Waals surface area contributed by atoms with Gasteiger partial charge in [-0.3, -0.25) is 4.79 Å². The van der Waals surface area contributed by atoms with E-state index in [1.807, 2.05) is 4.90 Å². The molecule has 1 amide bonds. The van der Waals surface area contributed by atoms with Crippen molar-refractivity contribution in [1.82, 2.24) is 5.32 Å². The lowest BCUT2D eigenvalue weighted by Gasteiger charge is -2.30. The zero-order chi connectivity index (χ0) is 19.4. The number of alkyl halides is 3. The number of ether oxygens (including phenoxy) is 1. The lowest BCUT2D eigenvalue weighted by molar-refractivity contribution is -0.138. The molecule has 1 aliphatic heterocycles. The Balaban J connectivity index is 1.71. The maximum absolute atomic E-state index is 13.6. The van der Waals surface area contributed by atoms with Crippen molar-refractivity contribution < 1.29 is 22.7 Å². The first kappa shape index (κ1) is 19.9. The molecule has 1 aromatic rings. The van der Waals surface area contributed by atoms with Gasteiger partial charge in [0.2, 0.25) is 5.91 Å². The number of nitrogens with two attached hydrogens (primary N) is 1. The van der Waals surface area contributed by atoms with Crippen molar-refractivity contribution in [2.24, 2.45) is 11.7 Å². The molecule has 1 heterocycles. The van der Waals surface area contributed by atoms with Crippen molar-refractivity contribution in [3.63, 3.8) is 0 Å². The second kappa shape index (κ2) is 8.48. The Bertz CT molecular complexity index is 660. The number of amides is 1. The largest absolute Gasteiger partial charge is 0.416 e. The van der Waals surface area contributed by atoms with Gasteiger partial charge in [0.1, 0.15) is 0 Å². The summed E-state index contributed by atoms with van der Waals surface area (Å²) in [6, 6.07) is 4.30. The average Bonchev–Trinajstić information content (AvgIpc) is 2.66. The lowest BCUT2D eigenvalue weighted by atomic mass is 9.85. The SMILES string of the molecule is N[C@@H]1CCC[C@@H](C(=O)NCc2ccc(N3CCOCC3)cc2C(F)(F)F)C1. The van der Waals surface area contributed by atoms with E-state index in [-0.39, 0.29) is 30.0 Å². The molecule has 1 saturated carbocycles. The third-order valence-electron chi connectivity index (χ3n) is 5.31. The summed E-state index contributed by atoms with van der Waals surface area (Å²) in [5.41, 5.74) is 5.80. The van der Waals surface area contributed by atoms with Crippen LogP contribution in [0.5, 0.6) is 0 Å². The molecule has 0 unspecified atom stereocenters. The van der Waals surface area contributed by atoms with Gasteiger partial charge in [-0.15, -0.1) is 0 Å². The Morgan fingerprint density at radius 1 is 1.26 bits per heavy atom. The van der Waals surface area contributed by atoms with E-state index in [0.29, 0.717) is 38.4 Å². The van der Waals surface area contributed by atoms with Gasteiger partial charge in [-0.2, -0.15) is 13.2 Å². The maximum atomic E-state index is 13.6. The summed E-state index contributed by atoms with van der Waals surface area (Å²) in [4.78, 5) is 14.2. The van der Waals surface area contributed by atoms with Gasteiger partial charge < -0.3 is 20.7 Å². The number of nitrogens with zero attached hydrogens (tertiary/aromatic N) is 1. The summed E-state index contributed by atoms with van der Waals surface area (Å²) < 4.78 is 45.9. The lowest BCUT2D eigenvalue weighted by Crippen LogP contribution is -2.38. The van der Waals surface area contributed by atoms with Crippen LogP contribution in [0.2, 0.25) is 0 Å². The zero-order valence-corrected chi connectivity index (χ0v) is 15.2. The predicted molar refractivity (Wildman–Crippen MR) is 96.3 cm³/mol. The fourth-order valence-electron chi connectivity index (χ4n) is 3.79. The van der Waals surface area contributed by atoms with Crippen molar-refractivity contribution in [2.45, 2.75) is 44.4 Å². The molecule has 5 nitrogen and oxygen atoms in total. The molecule has 1 aliphatic carbocycles. The van der Waals surface area contributed by atoms with Crippen molar-refractivity contribution in [3.05, 3.63) is 29.3 Å². The minimum Gasteiger partial charge on any atom is -0.378 e. The number of rotatable bonds is 4. The van der Waals surface area contributed by atoms with Crippen molar-refractivity contribution in [3.8, 4) is 0 Å². The van der Waals surface area contributed by atoms with Gasteiger partial charge in [-0.1, -0.05) is 12.5 Å². The molecule has 0 aromatic heterocycles. The fraction of sp³-hybridized carbons (Fsp3) is 0.632. The molecule has 2 aliphatic rings. The van der Waals surface area contributed by atoms with Crippen molar-refractivity contribution in [2.75, 3.05) is 31.2 Å². The van der Waals surface area contributed by atoms with Gasteiger partial charge in [0.05, 0.1) is 18.8 Å². The number of hydrogen-bond acceptors (Lipinski definition) is 4. The number of anilines is 1. The molecule has 0 bridgehead atoms. The van der Waals surface area contributed by atoms with Crippen LogP contribution in [-0.4, -0.2) is 38.3 Å². The Hall–Kier alpha value is -1.80. The van der Waals surface area contributed by atoms with Crippen LogP contribution in [0.1, 0.15) is 36.8 Å². The van der Waals surface area contributed by atoms with Crippen LogP contribution in [0.4, 0.5) is 18.9 Å². The van der Waals surface area contributed by atoms with Crippen LogP contribution in [0.25, 0.3) is 0 Å². The number of carbonyl (C=O) groups excluding carboxylic acids is 1. The molecule has 8 heteroatoms. The zero-order valence-electron chi connectivity index (χ0n) is 15.2. The van der Waals surface area contributed by atoms with Gasteiger partial charge in [0.15, 0.2) is 0 Å². The Morgan fingerprint density at radius 2 is 2.00 bits per heavy atom. The smallest absolute Gasteiger partial charge is 0.378 e. The highest BCUT2D eigenvalue weighted by Crippen LogP contribution is 2.35. The Morgan fingerprint density at radius 3 is 2.67 bits per heavy atom. The standard InChI is InChI=1S/C19H26F3N3O2/c20-19(21,22)17-11-16(25-6-8-27-9-7-25)5-4-14(17)12-24-18(26)13-2-1-3-15(23)10-13/h4-5,11,13,15H,1-3,6-10,12,23H2,(H,24,26)/t13-,15-/m1/s1. The molecular formula is C19H26F3N3O2. The van der Waals surface area contributed by atoms with Crippen LogP contribution in [0, 0.1) is 5.92 Å². The average molecular weight is 385 g/mol. The minimum atomic E-state index is -4.48.